The van der Waals surface area contributed by atoms with Crippen LogP contribution in [0.3, 0.4) is 0 Å². The molecule has 0 amide bonds. The highest BCUT2D eigenvalue weighted by Crippen LogP contribution is 2.68. The molecule has 0 aliphatic heterocycles. The number of carbonyl (C=O) groups is 1. The number of hydrogen-bond acceptors (Lipinski definition) is 4. The second kappa shape index (κ2) is 7.49. The summed E-state index contributed by atoms with van der Waals surface area (Å²) in [6.07, 6.45) is -4.75. The summed E-state index contributed by atoms with van der Waals surface area (Å²) < 4.78 is 33.9. The van der Waals surface area contributed by atoms with Gasteiger partial charge in [-0.15, -0.1) is 0 Å². The highest BCUT2D eigenvalue weighted by molar-refractivity contribution is 5.66. The van der Waals surface area contributed by atoms with Gasteiger partial charge in [0.05, 0.1) is 18.3 Å². The number of fused-ring (bicyclic) bond motifs is 5. The minimum Gasteiger partial charge on any atom is -0.481 e. The van der Waals surface area contributed by atoms with Crippen molar-refractivity contribution in [2.24, 2.45) is 46.3 Å². The first-order chi connectivity index (χ1) is 15.1. The van der Waals surface area contributed by atoms with E-state index in [9.17, 15) is 20.1 Å². The van der Waals surface area contributed by atoms with Gasteiger partial charge in [-0.05, 0) is 97.6 Å². The van der Waals surface area contributed by atoms with E-state index in [1.165, 1.54) is 0 Å². The van der Waals surface area contributed by atoms with Crippen LogP contribution in [0.4, 0.5) is 0 Å². The Balaban J connectivity index is 1.68. The Hall–Kier alpha value is -0.650. The average Bonchev–Trinajstić information content (AvgIpc) is 3.05. The Bertz CT molecular complexity index is 793. The van der Waals surface area contributed by atoms with Crippen molar-refractivity contribution in [1.82, 2.24) is 0 Å². The van der Waals surface area contributed by atoms with Crippen molar-refractivity contribution in [3.05, 3.63) is 0 Å². The zero-order valence-electron chi connectivity index (χ0n) is 21.8. The van der Waals surface area contributed by atoms with Crippen LogP contribution in [0, 0.1) is 46.3 Å². The Labute approximate surface area is 180 Å². The number of rotatable bonds is 4. The monoisotopic (exact) mass is 412 g/mol. The number of carboxylic acids is 1. The minimum absolute atomic E-state index is 0.0435. The Morgan fingerprint density at radius 3 is 2.41 bits per heavy atom. The lowest BCUT2D eigenvalue weighted by molar-refractivity contribution is -0.223. The molecule has 5 nitrogen and oxygen atoms in total. The molecule has 0 unspecified atom stereocenters. The van der Waals surface area contributed by atoms with Crippen LogP contribution in [0.15, 0.2) is 0 Å². The molecule has 4 aliphatic rings. The van der Waals surface area contributed by atoms with Gasteiger partial charge in [-0.1, -0.05) is 20.8 Å². The summed E-state index contributed by atoms with van der Waals surface area (Å²) in [6, 6.07) is 0. The SMILES string of the molecule is [2H]C1([2H])C[C@@]2(C)[C@H]([C@H](O)[C@@H](O)[C@@H]3[C@@H]2CC[C@]2(C)[C@@H]([C@H](C)CCC(=O)O)CC[C@@H]32)C([2H])([2H])[C@@H]1O. The molecule has 5 heteroatoms. The quantitative estimate of drug-likeness (QED) is 0.567. The third-order valence-electron chi connectivity index (χ3n) is 9.56. The first-order valence-electron chi connectivity index (χ1n) is 13.3. The van der Waals surface area contributed by atoms with Crippen LogP contribution in [0.2, 0.25) is 0 Å². The van der Waals surface area contributed by atoms with E-state index in [2.05, 4.69) is 13.8 Å². The summed E-state index contributed by atoms with van der Waals surface area (Å²) >= 11 is 0. The smallest absolute Gasteiger partial charge is 0.303 e. The predicted octanol–water partition coefficient (Wildman–Crippen LogP) is 3.45. The number of hydrogen-bond donors (Lipinski definition) is 4. The molecule has 0 bridgehead atoms. The van der Waals surface area contributed by atoms with Crippen molar-refractivity contribution in [2.75, 3.05) is 0 Å². The Kier molecular flexibility index (Phi) is 4.38. The van der Waals surface area contributed by atoms with E-state index >= 15 is 0 Å². The van der Waals surface area contributed by atoms with Gasteiger partial charge in [-0.3, -0.25) is 4.79 Å². The molecule has 11 atom stereocenters. The first kappa shape index (κ1) is 17.0. The van der Waals surface area contributed by atoms with Gasteiger partial charge in [0, 0.05) is 11.9 Å². The Morgan fingerprint density at radius 1 is 1.03 bits per heavy atom. The molecule has 166 valence electrons. The zero-order chi connectivity index (χ0) is 24.7. The van der Waals surface area contributed by atoms with E-state index in [0.29, 0.717) is 18.8 Å². The van der Waals surface area contributed by atoms with E-state index < -0.39 is 48.4 Å². The molecule has 4 N–H and O–H groups in total. The summed E-state index contributed by atoms with van der Waals surface area (Å²) in [6.45, 7) is 6.21. The zero-order valence-corrected chi connectivity index (χ0v) is 17.8. The molecule has 0 spiro atoms. The maximum absolute atomic E-state index is 11.4. The number of carboxylic acid groups (broad SMARTS) is 1. The molecule has 4 saturated carbocycles. The molecule has 4 aliphatic carbocycles. The van der Waals surface area contributed by atoms with E-state index in [-0.39, 0.29) is 41.9 Å². The first-order valence-corrected chi connectivity index (χ1v) is 11.3. The molecular weight excluding hydrogens is 368 g/mol. The van der Waals surface area contributed by atoms with Gasteiger partial charge in [0.15, 0.2) is 0 Å². The third-order valence-corrected chi connectivity index (χ3v) is 9.56. The normalized spacial score (nSPS) is 58.4. The predicted molar refractivity (Wildman–Crippen MR) is 110 cm³/mol. The lowest BCUT2D eigenvalue weighted by Crippen LogP contribution is -2.64. The van der Waals surface area contributed by atoms with E-state index in [1.807, 2.05) is 6.92 Å². The van der Waals surface area contributed by atoms with E-state index in [4.69, 9.17) is 10.6 Å². The molecule has 0 radical (unpaired) electrons. The summed E-state index contributed by atoms with van der Waals surface area (Å²) in [5.74, 6) is -1.59. The molecule has 29 heavy (non-hydrogen) atoms. The average molecular weight is 413 g/mol. The summed E-state index contributed by atoms with van der Waals surface area (Å²) in [5, 5.41) is 42.2. The van der Waals surface area contributed by atoms with Crippen molar-refractivity contribution in [3.8, 4) is 0 Å². The fourth-order valence-electron chi connectivity index (χ4n) is 8.09. The van der Waals surface area contributed by atoms with Crippen molar-refractivity contribution >= 4 is 5.97 Å². The fourth-order valence-corrected chi connectivity index (χ4v) is 8.09. The maximum atomic E-state index is 11.4. The van der Waals surface area contributed by atoms with E-state index in [0.717, 1.165) is 19.3 Å². The van der Waals surface area contributed by atoms with Crippen LogP contribution in [0.5, 0.6) is 0 Å². The van der Waals surface area contributed by atoms with Crippen molar-refractivity contribution in [1.29, 1.82) is 0 Å². The largest absolute Gasteiger partial charge is 0.481 e. The number of aliphatic hydroxyl groups is 3. The minimum atomic E-state index is -2.35. The Morgan fingerprint density at radius 2 is 1.72 bits per heavy atom. The van der Waals surface area contributed by atoms with Gasteiger partial charge in [-0.2, -0.15) is 0 Å². The number of aliphatic carboxylic acids is 1. The molecular formula is C24H40O5. The third kappa shape index (κ3) is 3.27. The molecule has 0 aromatic carbocycles. The van der Waals surface area contributed by atoms with Gasteiger partial charge in [0.2, 0.25) is 0 Å². The van der Waals surface area contributed by atoms with Crippen molar-refractivity contribution in [2.45, 2.75) is 96.8 Å². The van der Waals surface area contributed by atoms with Gasteiger partial charge < -0.3 is 20.4 Å². The molecule has 0 aromatic heterocycles. The molecule has 0 heterocycles. The lowest BCUT2D eigenvalue weighted by Gasteiger charge is -2.63. The standard InChI is InChI=1S/C24H40O5/c1-13(4-7-19(26)27)15-5-6-16-20-17(9-11-23(15,16)2)24(3)10-8-14(25)12-18(24)21(28)22(20)29/h13-18,20-22,25,28-29H,4-12H2,1-3H3,(H,26,27)/t13-,14-,15-,16+,17+,18+,20+,21+,22+,23-,24-/m1/s1/i8D2,12D2. The molecule has 4 rings (SSSR count). The maximum Gasteiger partial charge on any atom is 0.303 e. The number of aliphatic hydroxyl groups excluding tert-OH is 3. The van der Waals surface area contributed by atoms with Crippen molar-refractivity contribution < 1.29 is 30.7 Å². The van der Waals surface area contributed by atoms with Crippen LogP contribution in [0.25, 0.3) is 0 Å². The topological polar surface area (TPSA) is 98.0 Å². The second-order valence-corrected chi connectivity index (χ2v) is 10.8. The fraction of sp³-hybridized carbons (Fsp3) is 0.958. The van der Waals surface area contributed by atoms with Crippen LogP contribution < -0.4 is 0 Å². The van der Waals surface area contributed by atoms with Gasteiger partial charge in [-0.25, -0.2) is 0 Å². The van der Waals surface area contributed by atoms with Gasteiger partial charge in [0.1, 0.15) is 0 Å². The van der Waals surface area contributed by atoms with Gasteiger partial charge in [0.25, 0.3) is 0 Å². The highest BCUT2D eigenvalue weighted by Gasteiger charge is 2.65. The van der Waals surface area contributed by atoms with Crippen LogP contribution in [-0.4, -0.2) is 44.7 Å². The molecule has 0 saturated heterocycles. The van der Waals surface area contributed by atoms with Crippen molar-refractivity contribution in [3.63, 3.8) is 0 Å². The van der Waals surface area contributed by atoms with Crippen LogP contribution >= 0.6 is 0 Å². The van der Waals surface area contributed by atoms with Crippen LogP contribution in [-0.2, 0) is 4.79 Å². The van der Waals surface area contributed by atoms with Crippen LogP contribution in [0.1, 0.15) is 83.9 Å². The summed E-state index contributed by atoms with van der Waals surface area (Å²) in [7, 11) is 0. The highest BCUT2D eigenvalue weighted by atomic mass is 16.4. The molecule has 4 fully saturated rings. The molecule has 0 aromatic rings. The summed E-state index contributed by atoms with van der Waals surface area (Å²) in [4.78, 5) is 11.1. The second-order valence-electron chi connectivity index (χ2n) is 10.8. The van der Waals surface area contributed by atoms with Gasteiger partial charge >= 0.3 is 5.97 Å². The lowest BCUT2D eigenvalue weighted by atomic mass is 9.43. The summed E-state index contributed by atoms with van der Waals surface area (Å²) in [5.41, 5.74) is -0.987. The van der Waals surface area contributed by atoms with E-state index in [1.54, 1.807) is 0 Å².